The minimum atomic E-state index is 0.252. The third-order valence-electron chi connectivity index (χ3n) is 4.07. The van der Waals surface area contributed by atoms with Crippen LogP contribution >= 0.6 is 22.9 Å². The fraction of sp³-hybridized carbons (Fsp3) is 0.500. The molecule has 0 saturated carbocycles. The van der Waals surface area contributed by atoms with Crippen molar-refractivity contribution in [1.82, 2.24) is 9.80 Å². The van der Waals surface area contributed by atoms with Gasteiger partial charge in [0.1, 0.15) is 0 Å². The Morgan fingerprint density at radius 1 is 1.10 bits per heavy atom. The first-order valence-corrected chi connectivity index (χ1v) is 8.69. The van der Waals surface area contributed by atoms with Crippen LogP contribution in [0.15, 0.2) is 24.3 Å². The maximum atomic E-state index is 9.06. The van der Waals surface area contributed by atoms with E-state index in [1.807, 2.05) is 17.4 Å². The summed E-state index contributed by atoms with van der Waals surface area (Å²) in [5.74, 6) is 0. The van der Waals surface area contributed by atoms with Gasteiger partial charge in [-0.05, 0) is 25.6 Å². The molecule has 0 unspecified atom stereocenters. The lowest BCUT2D eigenvalue weighted by molar-refractivity contribution is 0.196. The molecule has 114 valence electrons. The molecule has 2 aromatic rings. The van der Waals surface area contributed by atoms with Crippen molar-refractivity contribution in [1.29, 1.82) is 0 Å². The van der Waals surface area contributed by atoms with Crippen LogP contribution in [0.2, 0.25) is 5.02 Å². The number of hydrogen-bond donors (Lipinski definition) is 1. The lowest BCUT2D eigenvalue weighted by Crippen LogP contribution is -2.32. The lowest BCUT2D eigenvalue weighted by atomic mass is 10.2. The van der Waals surface area contributed by atoms with Crippen LogP contribution in [0.25, 0.3) is 10.1 Å². The molecule has 1 N–H and O–H groups in total. The summed E-state index contributed by atoms with van der Waals surface area (Å²) >= 11 is 8.34. The molecule has 1 aliphatic rings. The second-order valence-electron chi connectivity index (χ2n) is 5.53. The van der Waals surface area contributed by atoms with Gasteiger partial charge in [-0.3, -0.25) is 9.80 Å². The maximum Gasteiger partial charge on any atom is 0.0637 e. The van der Waals surface area contributed by atoms with Crippen molar-refractivity contribution in [3.8, 4) is 0 Å². The topological polar surface area (TPSA) is 26.7 Å². The number of aliphatic hydroxyl groups excluding tert-OH is 1. The Balaban J connectivity index is 1.69. The van der Waals surface area contributed by atoms with E-state index in [-0.39, 0.29) is 6.61 Å². The lowest BCUT2D eigenvalue weighted by Gasteiger charge is -2.20. The van der Waals surface area contributed by atoms with E-state index in [4.69, 9.17) is 16.7 Å². The molecule has 0 bridgehead atoms. The number of benzene rings is 1. The molecular weight excluding hydrogens is 304 g/mol. The first-order valence-electron chi connectivity index (χ1n) is 7.49. The summed E-state index contributed by atoms with van der Waals surface area (Å²) < 4.78 is 1.27. The van der Waals surface area contributed by atoms with Crippen molar-refractivity contribution in [2.24, 2.45) is 0 Å². The van der Waals surface area contributed by atoms with Crippen molar-refractivity contribution in [2.75, 3.05) is 39.3 Å². The summed E-state index contributed by atoms with van der Waals surface area (Å²) in [6, 6.07) is 8.35. The monoisotopic (exact) mass is 324 g/mol. The molecule has 0 spiro atoms. The van der Waals surface area contributed by atoms with Crippen LogP contribution in [0, 0.1) is 0 Å². The summed E-state index contributed by atoms with van der Waals surface area (Å²) in [5, 5.41) is 11.2. The van der Waals surface area contributed by atoms with Gasteiger partial charge in [0.05, 0.1) is 11.6 Å². The van der Waals surface area contributed by atoms with Crippen molar-refractivity contribution < 1.29 is 5.11 Å². The molecule has 0 atom stereocenters. The quantitative estimate of drug-likeness (QED) is 0.936. The molecular formula is C16H21ClN2OS. The Morgan fingerprint density at radius 2 is 1.86 bits per heavy atom. The number of hydrogen-bond acceptors (Lipinski definition) is 4. The van der Waals surface area contributed by atoms with Crippen LogP contribution in [0.4, 0.5) is 0 Å². The minimum Gasteiger partial charge on any atom is -0.395 e. The van der Waals surface area contributed by atoms with E-state index in [1.54, 1.807) is 0 Å². The van der Waals surface area contributed by atoms with Crippen molar-refractivity contribution >= 4 is 33.0 Å². The smallest absolute Gasteiger partial charge is 0.0637 e. The molecule has 1 saturated heterocycles. The molecule has 5 heteroatoms. The number of thiophene rings is 1. The minimum absolute atomic E-state index is 0.252. The highest BCUT2D eigenvalue weighted by molar-refractivity contribution is 7.19. The summed E-state index contributed by atoms with van der Waals surface area (Å²) in [7, 11) is 0. The van der Waals surface area contributed by atoms with E-state index in [2.05, 4.69) is 28.0 Å². The molecule has 3 rings (SSSR count). The summed E-state index contributed by atoms with van der Waals surface area (Å²) in [4.78, 5) is 6.09. The average Bonchev–Trinajstić information content (AvgIpc) is 2.67. The highest BCUT2D eigenvalue weighted by atomic mass is 35.5. The van der Waals surface area contributed by atoms with E-state index >= 15 is 0 Å². The van der Waals surface area contributed by atoms with Gasteiger partial charge in [-0.25, -0.2) is 0 Å². The zero-order valence-corrected chi connectivity index (χ0v) is 13.7. The van der Waals surface area contributed by atoms with Crippen LogP contribution in [0.5, 0.6) is 0 Å². The molecule has 0 aliphatic carbocycles. The Bertz CT molecular complexity index is 601. The second kappa shape index (κ2) is 7.07. The highest BCUT2D eigenvalue weighted by Crippen LogP contribution is 2.35. The Kier molecular flexibility index (Phi) is 5.14. The number of nitrogens with zero attached hydrogens (tertiary/aromatic N) is 2. The van der Waals surface area contributed by atoms with Crippen molar-refractivity contribution in [3.05, 3.63) is 34.2 Å². The number of fused-ring (bicyclic) bond motifs is 1. The zero-order valence-electron chi connectivity index (χ0n) is 12.1. The van der Waals surface area contributed by atoms with Crippen LogP contribution < -0.4 is 0 Å². The largest absolute Gasteiger partial charge is 0.395 e. The standard InChI is InChI=1S/C16H21ClN2OS/c17-16-13-4-1-2-5-14(13)21-15(16)12-19-7-3-6-18(8-9-19)10-11-20/h1-2,4-5,20H,3,6-12H2. The van der Waals surface area contributed by atoms with Gasteiger partial charge in [0.25, 0.3) is 0 Å². The van der Waals surface area contributed by atoms with Crippen LogP contribution in [-0.2, 0) is 6.54 Å². The first kappa shape index (κ1) is 15.3. The van der Waals surface area contributed by atoms with Gasteiger partial charge in [-0.1, -0.05) is 29.8 Å². The zero-order chi connectivity index (χ0) is 14.7. The molecule has 0 amide bonds. The molecule has 21 heavy (non-hydrogen) atoms. The normalized spacial score (nSPS) is 18.2. The predicted molar refractivity (Wildman–Crippen MR) is 90.3 cm³/mol. The van der Waals surface area contributed by atoms with E-state index in [9.17, 15) is 0 Å². The Labute approximate surface area is 134 Å². The summed E-state index contributed by atoms with van der Waals surface area (Å²) in [6.45, 7) is 6.24. The summed E-state index contributed by atoms with van der Waals surface area (Å²) in [6.07, 6.45) is 1.16. The van der Waals surface area contributed by atoms with Crippen LogP contribution in [0.1, 0.15) is 11.3 Å². The van der Waals surface area contributed by atoms with Gasteiger partial charge in [0.15, 0.2) is 0 Å². The fourth-order valence-electron chi connectivity index (χ4n) is 2.92. The number of aliphatic hydroxyl groups is 1. The SMILES string of the molecule is OCCN1CCCN(Cc2sc3ccccc3c2Cl)CC1. The Hall–Kier alpha value is -0.650. The van der Waals surface area contributed by atoms with Gasteiger partial charge >= 0.3 is 0 Å². The van der Waals surface area contributed by atoms with Gasteiger partial charge < -0.3 is 5.11 Å². The number of rotatable bonds is 4. The van der Waals surface area contributed by atoms with Crippen molar-refractivity contribution in [3.63, 3.8) is 0 Å². The molecule has 3 nitrogen and oxygen atoms in total. The third-order valence-corrected chi connectivity index (χ3v) is 5.77. The second-order valence-corrected chi connectivity index (χ2v) is 7.05. The van der Waals surface area contributed by atoms with Crippen molar-refractivity contribution in [2.45, 2.75) is 13.0 Å². The maximum absolute atomic E-state index is 9.06. The number of halogens is 1. The molecule has 1 aromatic carbocycles. The fourth-order valence-corrected chi connectivity index (χ4v) is 4.45. The highest BCUT2D eigenvalue weighted by Gasteiger charge is 2.17. The van der Waals surface area contributed by atoms with E-state index in [0.29, 0.717) is 0 Å². The molecule has 1 aromatic heterocycles. The van der Waals surface area contributed by atoms with E-state index < -0.39 is 0 Å². The third kappa shape index (κ3) is 3.58. The molecule has 1 aliphatic heterocycles. The van der Waals surface area contributed by atoms with Gasteiger partial charge in [0.2, 0.25) is 0 Å². The summed E-state index contributed by atoms with van der Waals surface area (Å²) in [5.41, 5.74) is 0. The Morgan fingerprint density at radius 3 is 2.67 bits per heavy atom. The van der Waals surface area contributed by atoms with Gasteiger partial charge in [-0.15, -0.1) is 11.3 Å². The van der Waals surface area contributed by atoms with Crippen LogP contribution in [-0.4, -0.2) is 54.2 Å². The molecule has 2 heterocycles. The average molecular weight is 325 g/mol. The van der Waals surface area contributed by atoms with E-state index in [0.717, 1.165) is 50.7 Å². The molecule has 1 fully saturated rings. The first-order chi connectivity index (χ1) is 10.3. The van der Waals surface area contributed by atoms with Gasteiger partial charge in [-0.2, -0.15) is 0 Å². The predicted octanol–water partition coefficient (Wildman–Crippen LogP) is 3.05. The molecule has 0 radical (unpaired) electrons. The van der Waals surface area contributed by atoms with Crippen LogP contribution in [0.3, 0.4) is 0 Å². The number of β-amino-alcohol motifs (C(OH)–C–C–N with tert-alkyl or cyclic N) is 1. The van der Waals surface area contributed by atoms with E-state index in [1.165, 1.54) is 15.0 Å². The van der Waals surface area contributed by atoms with Gasteiger partial charge in [0, 0.05) is 41.1 Å².